The lowest BCUT2D eigenvalue weighted by molar-refractivity contribution is 0.388. The van der Waals surface area contributed by atoms with E-state index < -0.39 is 8.32 Å². The van der Waals surface area contributed by atoms with Gasteiger partial charge >= 0.3 is 0 Å². The van der Waals surface area contributed by atoms with E-state index in [0.29, 0.717) is 0 Å². The zero-order valence-corrected chi connectivity index (χ0v) is 9.62. The number of rotatable bonds is 2. The van der Waals surface area contributed by atoms with Crippen LogP contribution in [0.3, 0.4) is 0 Å². The van der Waals surface area contributed by atoms with Crippen molar-refractivity contribution in [2.45, 2.75) is 45.8 Å². The second kappa shape index (κ2) is 3.01. The molecule has 2 heteroatoms. The molecule has 0 aliphatic heterocycles. The standard InChI is InChI=1S/C9H20OSi/c1-8(2)10-11(6,7)9(3,4)5/h1H2,2-7H3. The first-order valence-corrected chi connectivity index (χ1v) is 6.92. The molecule has 0 aliphatic rings. The molecule has 0 fully saturated rings. The Morgan fingerprint density at radius 3 is 1.73 bits per heavy atom. The molecule has 0 aromatic heterocycles. The highest BCUT2D eigenvalue weighted by molar-refractivity contribution is 6.74. The monoisotopic (exact) mass is 172 g/mol. The molecule has 0 unspecified atom stereocenters. The van der Waals surface area contributed by atoms with Gasteiger partial charge in [-0.15, -0.1) is 0 Å². The van der Waals surface area contributed by atoms with Gasteiger partial charge < -0.3 is 4.43 Å². The van der Waals surface area contributed by atoms with Gasteiger partial charge in [-0.25, -0.2) is 0 Å². The molecule has 0 spiro atoms. The van der Waals surface area contributed by atoms with E-state index in [1.165, 1.54) is 0 Å². The molecular formula is C9H20OSi. The second-order valence-electron chi connectivity index (χ2n) is 4.56. The molecule has 66 valence electrons. The van der Waals surface area contributed by atoms with Crippen molar-refractivity contribution in [3.8, 4) is 0 Å². The van der Waals surface area contributed by atoms with E-state index in [0.717, 1.165) is 5.76 Å². The summed E-state index contributed by atoms with van der Waals surface area (Å²) in [5.41, 5.74) is 0. The minimum absolute atomic E-state index is 0.284. The highest BCUT2D eigenvalue weighted by Gasteiger charge is 2.38. The first-order valence-electron chi connectivity index (χ1n) is 4.01. The van der Waals surface area contributed by atoms with Crippen molar-refractivity contribution in [2.75, 3.05) is 0 Å². The van der Waals surface area contributed by atoms with Gasteiger partial charge in [0, 0.05) is 0 Å². The van der Waals surface area contributed by atoms with E-state index in [9.17, 15) is 0 Å². The van der Waals surface area contributed by atoms with E-state index in [2.05, 4.69) is 40.4 Å². The lowest BCUT2D eigenvalue weighted by Gasteiger charge is -2.36. The quantitative estimate of drug-likeness (QED) is 0.457. The maximum absolute atomic E-state index is 5.75. The molecule has 0 rings (SSSR count). The molecular weight excluding hydrogens is 152 g/mol. The highest BCUT2D eigenvalue weighted by atomic mass is 28.4. The first-order chi connectivity index (χ1) is 4.67. The van der Waals surface area contributed by atoms with E-state index >= 15 is 0 Å². The van der Waals surface area contributed by atoms with Gasteiger partial charge in [0.15, 0.2) is 0 Å². The minimum atomic E-state index is -1.57. The summed E-state index contributed by atoms with van der Waals surface area (Å²) in [5.74, 6) is 0.844. The molecule has 0 saturated carbocycles. The Morgan fingerprint density at radius 2 is 1.64 bits per heavy atom. The molecule has 0 aliphatic carbocycles. The molecule has 0 bridgehead atoms. The smallest absolute Gasteiger partial charge is 0.249 e. The van der Waals surface area contributed by atoms with Crippen LogP contribution in [0.25, 0.3) is 0 Å². The van der Waals surface area contributed by atoms with E-state index in [1.54, 1.807) is 0 Å². The van der Waals surface area contributed by atoms with Crippen molar-refractivity contribution in [1.29, 1.82) is 0 Å². The van der Waals surface area contributed by atoms with Crippen molar-refractivity contribution in [2.24, 2.45) is 0 Å². The van der Waals surface area contributed by atoms with Gasteiger partial charge in [-0.1, -0.05) is 27.4 Å². The van der Waals surface area contributed by atoms with Gasteiger partial charge in [-0.2, -0.15) is 0 Å². The molecule has 0 atom stereocenters. The molecule has 0 saturated heterocycles. The third-order valence-electron chi connectivity index (χ3n) is 2.24. The lowest BCUT2D eigenvalue weighted by Crippen LogP contribution is -2.39. The van der Waals surface area contributed by atoms with Gasteiger partial charge in [0.05, 0.1) is 5.76 Å². The lowest BCUT2D eigenvalue weighted by atomic mass is 10.2. The van der Waals surface area contributed by atoms with E-state index in [1.807, 2.05) is 6.92 Å². The van der Waals surface area contributed by atoms with Crippen LogP contribution in [0.15, 0.2) is 12.3 Å². The molecule has 0 aromatic rings. The summed E-state index contributed by atoms with van der Waals surface area (Å²) in [5, 5.41) is 0.284. The Hall–Kier alpha value is -0.243. The zero-order valence-electron chi connectivity index (χ0n) is 8.62. The molecule has 1 nitrogen and oxygen atoms in total. The fourth-order valence-corrected chi connectivity index (χ4v) is 1.77. The third-order valence-corrected chi connectivity index (χ3v) is 6.71. The first kappa shape index (κ1) is 10.8. The fraction of sp³-hybridized carbons (Fsp3) is 0.778. The largest absolute Gasteiger partial charge is 0.547 e. The Labute approximate surface area is 71.6 Å². The summed E-state index contributed by atoms with van der Waals surface area (Å²) in [7, 11) is -1.57. The summed E-state index contributed by atoms with van der Waals surface area (Å²) >= 11 is 0. The predicted molar refractivity (Wildman–Crippen MR) is 53.1 cm³/mol. The van der Waals surface area contributed by atoms with Crippen LogP contribution in [0, 0.1) is 0 Å². The van der Waals surface area contributed by atoms with Gasteiger partial charge in [-0.05, 0) is 25.1 Å². The summed E-state index contributed by atoms with van der Waals surface area (Å²) in [4.78, 5) is 0. The normalized spacial score (nSPS) is 12.9. The summed E-state index contributed by atoms with van der Waals surface area (Å²) in [6.45, 7) is 16.8. The van der Waals surface area contributed by atoms with Gasteiger partial charge in [0.2, 0.25) is 8.32 Å². The zero-order chi connectivity index (χ0) is 9.28. The SMILES string of the molecule is C=C(C)O[Si](C)(C)C(C)(C)C. The van der Waals surface area contributed by atoms with Crippen molar-refractivity contribution in [3.05, 3.63) is 12.3 Å². The van der Waals surface area contributed by atoms with Crippen LogP contribution < -0.4 is 0 Å². The van der Waals surface area contributed by atoms with E-state index in [-0.39, 0.29) is 5.04 Å². The van der Waals surface area contributed by atoms with E-state index in [4.69, 9.17) is 4.43 Å². The summed E-state index contributed by atoms with van der Waals surface area (Å²) < 4.78 is 5.75. The van der Waals surface area contributed by atoms with Gasteiger partial charge in [0.1, 0.15) is 0 Å². The maximum Gasteiger partial charge on any atom is 0.249 e. The number of hydrogen-bond donors (Lipinski definition) is 0. The Balaban J connectivity index is 4.34. The van der Waals surface area contributed by atoms with Crippen LogP contribution in [0.2, 0.25) is 18.1 Å². The molecule has 0 aromatic carbocycles. The van der Waals surface area contributed by atoms with Gasteiger partial charge in [0.25, 0.3) is 0 Å². The second-order valence-corrected chi connectivity index (χ2v) is 9.29. The van der Waals surface area contributed by atoms with Crippen molar-refractivity contribution < 1.29 is 4.43 Å². The topological polar surface area (TPSA) is 9.23 Å². The van der Waals surface area contributed by atoms with Crippen LogP contribution in [0.1, 0.15) is 27.7 Å². The summed E-state index contributed by atoms with van der Waals surface area (Å²) in [6, 6.07) is 0. The fourth-order valence-electron chi connectivity index (χ4n) is 0.589. The Bertz CT molecular complexity index is 153. The maximum atomic E-state index is 5.75. The van der Waals surface area contributed by atoms with Crippen molar-refractivity contribution in [3.63, 3.8) is 0 Å². The number of hydrogen-bond acceptors (Lipinski definition) is 1. The molecule has 0 N–H and O–H groups in total. The Kier molecular flexibility index (Phi) is 2.95. The molecule has 0 radical (unpaired) electrons. The number of allylic oxidation sites excluding steroid dienone is 1. The van der Waals surface area contributed by atoms with Crippen molar-refractivity contribution in [1.82, 2.24) is 0 Å². The summed E-state index contributed by atoms with van der Waals surface area (Å²) in [6.07, 6.45) is 0. The van der Waals surface area contributed by atoms with Crippen LogP contribution in [-0.4, -0.2) is 8.32 Å². The van der Waals surface area contributed by atoms with Crippen LogP contribution in [0.5, 0.6) is 0 Å². The van der Waals surface area contributed by atoms with Crippen LogP contribution in [0.4, 0.5) is 0 Å². The average Bonchev–Trinajstić information content (AvgIpc) is 1.56. The van der Waals surface area contributed by atoms with Crippen LogP contribution >= 0.6 is 0 Å². The van der Waals surface area contributed by atoms with Crippen molar-refractivity contribution >= 4 is 8.32 Å². The molecule has 0 heterocycles. The molecule has 0 amide bonds. The van der Waals surface area contributed by atoms with Gasteiger partial charge in [-0.3, -0.25) is 0 Å². The van der Waals surface area contributed by atoms with Crippen LogP contribution in [-0.2, 0) is 4.43 Å². The predicted octanol–water partition coefficient (Wildman–Crippen LogP) is 3.54. The molecule has 11 heavy (non-hydrogen) atoms. The highest BCUT2D eigenvalue weighted by Crippen LogP contribution is 2.37. The Morgan fingerprint density at radius 1 is 1.27 bits per heavy atom. The average molecular weight is 172 g/mol. The third kappa shape index (κ3) is 3.10. The minimum Gasteiger partial charge on any atom is -0.547 e.